The summed E-state index contributed by atoms with van der Waals surface area (Å²) in [6, 6.07) is 14.4. The average Bonchev–Trinajstić information content (AvgIpc) is 3.27. The third-order valence-electron chi connectivity index (χ3n) is 5.55. The number of carbonyl (C=O) groups is 2. The fourth-order valence-corrected chi connectivity index (χ4v) is 4.76. The lowest BCUT2D eigenvalue weighted by molar-refractivity contribution is -0.142. The van der Waals surface area contributed by atoms with Crippen LogP contribution in [0.3, 0.4) is 0 Å². The molecule has 2 aliphatic heterocycles. The van der Waals surface area contributed by atoms with Gasteiger partial charge in [0, 0.05) is 47.9 Å². The normalized spacial score (nSPS) is 18.3. The summed E-state index contributed by atoms with van der Waals surface area (Å²) in [4.78, 5) is 31.2. The largest absolute Gasteiger partial charge is 0.378 e. The van der Waals surface area contributed by atoms with Crippen LogP contribution in [0, 0.1) is 5.92 Å². The van der Waals surface area contributed by atoms with Crippen molar-refractivity contribution < 1.29 is 14.3 Å². The Morgan fingerprint density at radius 2 is 1.66 bits per heavy atom. The molecule has 0 saturated carbocycles. The van der Waals surface area contributed by atoms with E-state index in [9.17, 15) is 9.59 Å². The van der Waals surface area contributed by atoms with Crippen molar-refractivity contribution in [1.82, 2.24) is 9.80 Å². The Morgan fingerprint density at radius 1 is 0.931 bits per heavy atom. The minimum Gasteiger partial charge on any atom is -0.378 e. The molecule has 1 aromatic heterocycles. The third-order valence-corrected chi connectivity index (χ3v) is 6.65. The van der Waals surface area contributed by atoms with Gasteiger partial charge in [0.2, 0.25) is 11.8 Å². The van der Waals surface area contributed by atoms with Crippen molar-refractivity contribution in [2.75, 3.05) is 39.4 Å². The molecule has 0 bridgehead atoms. The van der Waals surface area contributed by atoms with Gasteiger partial charge in [-0.15, -0.1) is 11.3 Å². The van der Waals surface area contributed by atoms with Gasteiger partial charge in [0.05, 0.1) is 13.2 Å². The Balaban J connectivity index is 1.29. The highest BCUT2D eigenvalue weighted by molar-refractivity contribution is 7.16. The van der Waals surface area contributed by atoms with Crippen LogP contribution in [0.2, 0.25) is 0 Å². The number of hydrogen-bond donors (Lipinski definition) is 0. The summed E-state index contributed by atoms with van der Waals surface area (Å²) in [5.41, 5.74) is 1.19. The Morgan fingerprint density at radius 3 is 2.38 bits per heavy atom. The van der Waals surface area contributed by atoms with E-state index in [1.165, 1.54) is 10.4 Å². The zero-order valence-corrected chi connectivity index (χ0v) is 17.3. The number of likely N-dealkylation sites (tertiary alicyclic amines) is 1. The second-order valence-corrected chi connectivity index (χ2v) is 8.55. The average molecular weight is 411 g/mol. The number of nitrogens with zero attached hydrogens (tertiary/aromatic N) is 2. The first-order valence-corrected chi connectivity index (χ1v) is 11.0. The maximum absolute atomic E-state index is 12.6. The van der Waals surface area contributed by atoms with Crippen molar-refractivity contribution in [3.05, 3.63) is 53.4 Å². The summed E-state index contributed by atoms with van der Waals surface area (Å²) in [6.07, 6.45) is 5.04. The Hall–Kier alpha value is -2.44. The van der Waals surface area contributed by atoms with Crippen LogP contribution in [0.5, 0.6) is 0 Å². The monoisotopic (exact) mass is 410 g/mol. The first kappa shape index (κ1) is 19.9. The molecule has 0 spiro atoms. The SMILES string of the molecule is O=C(/C=C/c1ccc(-c2ccccc2)s1)N1CCC(C(=O)N2CCOCC2)CC1. The van der Waals surface area contributed by atoms with Gasteiger partial charge in [-0.3, -0.25) is 9.59 Å². The molecule has 0 N–H and O–H groups in total. The van der Waals surface area contributed by atoms with Crippen LogP contribution in [0.1, 0.15) is 17.7 Å². The Labute approximate surface area is 175 Å². The molecular weight excluding hydrogens is 384 g/mol. The fraction of sp³-hybridized carbons (Fsp3) is 0.391. The fourth-order valence-electron chi connectivity index (χ4n) is 3.85. The maximum atomic E-state index is 12.6. The van der Waals surface area contributed by atoms with Crippen LogP contribution in [-0.2, 0) is 14.3 Å². The van der Waals surface area contributed by atoms with Crippen molar-refractivity contribution in [3.63, 3.8) is 0 Å². The molecule has 0 aliphatic carbocycles. The lowest BCUT2D eigenvalue weighted by Gasteiger charge is -2.35. The number of carbonyl (C=O) groups excluding carboxylic acids is 2. The molecule has 2 fully saturated rings. The van der Waals surface area contributed by atoms with Gasteiger partial charge < -0.3 is 14.5 Å². The number of piperidine rings is 1. The zero-order valence-electron chi connectivity index (χ0n) is 16.5. The third kappa shape index (κ3) is 4.95. The maximum Gasteiger partial charge on any atom is 0.246 e. The summed E-state index contributed by atoms with van der Waals surface area (Å²) < 4.78 is 5.32. The van der Waals surface area contributed by atoms with E-state index in [2.05, 4.69) is 18.2 Å². The van der Waals surface area contributed by atoms with E-state index >= 15 is 0 Å². The summed E-state index contributed by atoms with van der Waals surface area (Å²) in [6.45, 7) is 3.91. The van der Waals surface area contributed by atoms with Crippen molar-refractivity contribution in [2.45, 2.75) is 12.8 Å². The molecule has 6 heteroatoms. The molecule has 5 nitrogen and oxygen atoms in total. The molecule has 2 aliphatic rings. The predicted octanol–water partition coefficient (Wildman–Crippen LogP) is 3.53. The van der Waals surface area contributed by atoms with Crippen molar-refractivity contribution >= 4 is 29.2 Å². The summed E-state index contributed by atoms with van der Waals surface area (Å²) >= 11 is 1.68. The van der Waals surface area contributed by atoms with Gasteiger partial charge in [0.1, 0.15) is 0 Å². The molecule has 0 unspecified atom stereocenters. The number of hydrogen-bond acceptors (Lipinski definition) is 4. The highest BCUT2D eigenvalue weighted by Crippen LogP contribution is 2.28. The standard InChI is InChI=1S/C23H26N2O3S/c26-22(9-7-20-6-8-21(29-20)18-4-2-1-3-5-18)24-12-10-19(11-13-24)23(27)25-14-16-28-17-15-25/h1-9,19H,10-17H2/b9-7+. The van der Waals surface area contributed by atoms with E-state index in [0.717, 1.165) is 17.7 Å². The smallest absolute Gasteiger partial charge is 0.246 e. The summed E-state index contributed by atoms with van der Waals surface area (Å²) in [5.74, 6) is 0.284. The van der Waals surface area contributed by atoms with E-state index in [0.29, 0.717) is 39.4 Å². The van der Waals surface area contributed by atoms with E-state index in [1.807, 2.05) is 40.1 Å². The molecule has 29 heavy (non-hydrogen) atoms. The van der Waals surface area contributed by atoms with Crippen molar-refractivity contribution in [2.24, 2.45) is 5.92 Å². The molecule has 4 rings (SSSR count). The molecule has 152 valence electrons. The van der Waals surface area contributed by atoms with Crippen molar-refractivity contribution in [1.29, 1.82) is 0 Å². The summed E-state index contributed by atoms with van der Waals surface area (Å²) in [5, 5.41) is 0. The minimum atomic E-state index is 0.0249. The van der Waals surface area contributed by atoms with E-state index in [-0.39, 0.29) is 17.7 Å². The van der Waals surface area contributed by atoms with Crippen LogP contribution in [-0.4, -0.2) is 61.0 Å². The van der Waals surface area contributed by atoms with Gasteiger partial charge in [0.15, 0.2) is 0 Å². The van der Waals surface area contributed by atoms with Crippen LogP contribution >= 0.6 is 11.3 Å². The van der Waals surface area contributed by atoms with Gasteiger partial charge in [-0.2, -0.15) is 0 Å². The first-order valence-electron chi connectivity index (χ1n) is 10.2. The molecule has 2 amide bonds. The quantitative estimate of drug-likeness (QED) is 0.725. The minimum absolute atomic E-state index is 0.0249. The number of thiophene rings is 1. The zero-order chi connectivity index (χ0) is 20.1. The number of rotatable bonds is 4. The predicted molar refractivity (Wildman–Crippen MR) is 115 cm³/mol. The molecule has 2 aromatic rings. The second-order valence-electron chi connectivity index (χ2n) is 7.44. The number of amides is 2. The van der Waals surface area contributed by atoms with Gasteiger partial charge in [-0.1, -0.05) is 30.3 Å². The Kier molecular flexibility index (Phi) is 6.42. The van der Waals surface area contributed by atoms with E-state index < -0.39 is 0 Å². The molecule has 3 heterocycles. The van der Waals surface area contributed by atoms with E-state index in [1.54, 1.807) is 17.4 Å². The van der Waals surface area contributed by atoms with Crippen LogP contribution in [0.15, 0.2) is 48.5 Å². The van der Waals surface area contributed by atoms with Gasteiger partial charge in [0.25, 0.3) is 0 Å². The van der Waals surface area contributed by atoms with Crippen molar-refractivity contribution in [3.8, 4) is 10.4 Å². The number of ether oxygens (including phenoxy) is 1. The van der Waals surface area contributed by atoms with Gasteiger partial charge in [-0.05, 0) is 36.6 Å². The molecule has 0 atom stereocenters. The van der Waals surface area contributed by atoms with Crippen LogP contribution < -0.4 is 0 Å². The summed E-state index contributed by atoms with van der Waals surface area (Å²) in [7, 11) is 0. The highest BCUT2D eigenvalue weighted by Gasteiger charge is 2.30. The van der Waals surface area contributed by atoms with E-state index in [4.69, 9.17) is 4.74 Å². The topological polar surface area (TPSA) is 49.9 Å². The van der Waals surface area contributed by atoms with Crippen LogP contribution in [0.25, 0.3) is 16.5 Å². The Bertz CT molecular complexity index is 863. The first-order chi connectivity index (χ1) is 14.2. The molecular formula is C23H26N2O3S. The molecule has 2 saturated heterocycles. The second kappa shape index (κ2) is 9.37. The number of morpholine rings is 1. The molecule has 0 radical (unpaired) electrons. The lowest BCUT2D eigenvalue weighted by Crippen LogP contribution is -2.47. The highest BCUT2D eigenvalue weighted by atomic mass is 32.1. The molecule has 1 aromatic carbocycles. The van der Waals surface area contributed by atoms with Gasteiger partial charge in [-0.25, -0.2) is 0 Å². The number of benzene rings is 1. The van der Waals surface area contributed by atoms with Crippen LogP contribution in [0.4, 0.5) is 0 Å². The lowest BCUT2D eigenvalue weighted by atomic mass is 9.95. The van der Waals surface area contributed by atoms with Gasteiger partial charge >= 0.3 is 0 Å².